The lowest BCUT2D eigenvalue weighted by atomic mass is 9.78. The number of rotatable bonds is 3. The first kappa shape index (κ1) is 9.72. The van der Waals surface area contributed by atoms with Crippen molar-refractivity contribution in [1.82, 2.24) is 0 Å². The number of hydrogen-bond donors (Lipinski definition) is 1. The SMILES string of the molecule is CCc1cccc(C(O)C2CCC2)c1. The van der Waals surface area contributed by atoms with Crippen LogP contribution in [0.1, 0.15) is 43.4 Å². The van der Waals surface area contributed by atoms with Crippen LogP contribution in [0.15, 0.2) is 24.3 Å². The van der Waals surface area contributed by atoms with Crippen molar-refractivity contribution in [3.8, 4) is 0 Å². The van der Waals surface area contributed by atoms with Gasteiger partial charge in [-0.25, -0.2) is 0 Å². The molecule has 1 aromatic carbocycles. The predicted molar refractivity (Wildman–Crippen MR) is 58.1 cm³/mol. The normalized spacial score (nSPS) is 19.0. The van der Waals surface area contributed by atoms with E-state index >= 15 is 0 Å². The van der Waals surface area contributed by atoms with Crippen molar-refractivity contribution in [2.24, 2.45) is 5.92 Å². The smallest absolute Gasteiger partial charge is 0.0818 e. The van der Waals surface area contributed by atoms with Gasteiger partial charge in [0.05, 0.1) is 6.10 Å². The molecule has 1 aliphatic rings. The second-order valence-electron chi connectivity index (χ2n) is 4.23. The van der Waals surface area contributed by atoms with Gasteiger partial charge >= 0.3 is 0 Å². The average molecular weight is 190 g/mol. The second kappa shape index (κ2) is 4.14. The molecule has 1 unspecified atom stereocenters. The molecule has 0 aliphatic heterocycles. The van der Waals surface area contributed by atoms with Crippen LogP contribution in [0.25, 0.3) is 0 Å². The maximum atomic E-state index is 10.1. The maximum absolute atomic E-state index is 10.1. The molecule has 1 aliphatic carbocycles. The summed E-state index contributed by atoms with van der Waals surface area (Å²) in [6.45, 7) is 2.15. The van der Waals surface area contributed by atoms with E-state index in [4.69, 9.17) is 0 Å². The summed E-state index contributed by atoms with van der Waals surface area (Å²) in [6.07, 6.45) is 4.49. The van der Waals surface area contributed by atoms with Gasteiger partial charge in [-0.05, 0) is 36.3 Å². The monoisotopic (exact) mass is 190 g/mol. The zero-order valence-electron chi connectivity index (χ0n) is 8.74. The van der Waals surface area contributed by atoms with E-state index in [2.05, 4.69) is 25.1 Å². The molecule has 1 atom stereocenters. The Balaban J connectivity index is 2.13. The van der Waals surface area contributed by atoms with Crippen LogP contribution in [0.4, 0.5) is 0 Å². The molecule has 1 N–H and O–H groups in total. The van der Waals surface area contributed by atoms with E-state index in [0.29, 0.717) is 5.92 Å². The molecule has 2 rings (SSSR count). The first-order chi connectivity index (χ1) is 6.81. The van der Waals surface area contributed by atoms with Gasteiger partial charge in [0, 0.05) is 0 Å². The Morgan fingerprint density at radius 3 is 2.79 bits per heavy atom. The van der Waals surface area contributed by atoms with E-state index in [9.17, 15) is 5.11 Å². The van der Waals surface area contributed by atoms with Gasteiger partial charge < -0.3 is 5.11 Å². The summed E-state index contributed by atoms with van der Waals surface area (Å²) in [5.74, 6) is 0.516. The van der Waals surface area contributed by atoms with Crippen molar-refractivity contribution < 1.29 is 5.11 Å². The molecule has 1 fully saturated rings. The van der Waals surface area contributed by atoms with Crippen LogP contribution >= 0.6 is 0 Å². The summed E-state index contributed by atoms with van der Waals surface area (Å²) in [5, 5.41) is 10.1. The predicted octanol–water partition coefficient (Wildman–Crippen LogP) is 3.08. The number of aliphatic hydroxyl groups is 1. The lowest BCUT2D eigenvalue weighted by molar-refractivity contribution is 0.0620. The summed E-state index contributed by atoms with van der Waals surface area (Å²) in [7, 11) is 0. The fourth-order valence-electron chi connectivity index (χ4n) is 2.02. The van der Waals surface area contributed by atoms with Gasteiger partial charge in [-0.1, -0.05) is 37.6 Å². The molecule has 0 aromatic heterocycles. The Bertz CT molecular complexity index is 302. The minimum Gasteiger partial charge on any atom is -0.388 e. The standard InChI is InChI=1S/C13H18O/c1-2-10-5-3-8-12(9-10)13(14)11-6-4-7-11/h3,5,8-9,11,13-14H,2,4,6-7H2,1H3. The van der Waals surface area contributed by atoms with Crippen molar-refractivity contribution in [2.45, 2.75) is 38.7 Å². The highest BCUT2D eigenvalue weighted by atomic mass is 16.3. The molecule has 0 radical (unpaired) electrons. The van der Waals surface area contributed by atoms with Crippen LogP contribution in [-0.2, 0) is 6.42 Å². The average Bonchev–Trinajstić information content (AvgIpc) is 2.15. The van der Waals surface area contributed by atoms with Gasteiger partial charge in [-0.3, -0.25) is 0 Å². The van der Waals surface area contributed by atoms with Crippen molar-refractivity contribution in [3.05, 3.63) is 35.4 Å². The fourth-order valence-corrected chi connectivity index (χ4v) is 2.02. The van der Waals surface area contributed by atoms with E-state index < -0.39 is 0 Å². The van der Waals surface area contributed by atoms with E-state index in [1.54, 1.807) is 0 Å². The fraction of sp³-hybridized carbons (Fsp3) is 0.538. The Morgan fingerprint density at radius 2 is 2.21 bits per heavy atom. The zero-order valence-corrected chi connectivity index (χ0v) is 8.74. The summed E-state index contributed by atoms with van der Waals surface area (Å²) < 4.78 is 0. The lowest BCUT2D eigenvalue weighted by Gasteiger charge is -2.30. The van der Waals surface area contributed by atoms with E-state index in [0.717, 1.165) is 12.0 Å². The van der Waals surface area contributed by atoms with E-state index in [1.807, 2.05) is 6.07 Å². The molecule has 0 saturated heterocycles. The number of hydrogen-bond acceptors (Lipinski definition) is 1. The van der Waals surface area contributed by atoms with Crippen molar-refractivity contribution in [1.29, 1.82) is 0 Å². The molecule has 0 spiro atoms. The molecule has 1 heteroatoms. The first-order valence-corrected chi connectivity index (χ1v) is 5.58. The molecule has 0 heterocycles. The summed E-state index contributed by atoms with van der Waals surface area (Å²) >= 11 is 0. The van der Waals surface area contributed by atoms with Crippen LogP contribution in [0.5, 0.6) is 0 Å². The summed E-state index contributed by atoms with van der Waals surface area (Å²) in [6, 6.07) is 8.36. The Kier molecular flexibility index (Phi) is 2.87. The van der Waals surface area contributed by atoms with Crippen LogP contribution in [0.2, 0.25) is 0 Å². The van der Waals surface area contributed by atoms with Crippen LogP contribution in [-0.4, -0.2) is 5.11 Å². The summed E-state index contributed by atoms with van der Waals surface area (Å²) in [4.78, 5) is 0. The quantitative estimate of drug-likeness (QED) is 0.776. The molecule has 14 heavy (non-hydrogen) atoms. The van der Waals surface area contributed by atoms with Crippen LogP contribution < -0.4 is 0 Å². The molecule has 1 nitrogen and oxygen atoms in total. The largest absolute Gasteiger partial charge is 0.388 e. The number of aliphatic hydroxyl groups excluding tert-OH is 1. The Morgan fingerprint density at radius 1 is 1.43 bits per heavy atom. The van der Waals surface area contributed by atoms with Crippen molar-refractivity contribution >= 4 is 0 Å². The molecule has 1 aromatic rings. The maximum Gasteiger partial charge on any atom is 0.0818 e. The lowest BCUT2D eigenvalue weighted by Crippen LogP contribution is -2.19. The third-order valence-electron chi connectivity index (χ3n) is 3.30. The molecule has 76 valence electrons. The highest BCUT2D eigenvalue weighted by molar-refractivity contribution is 5.25. The van der Waals surface area contributed by atoms with Crippen molar-refractivity contribution in [2.75, 3.05) is 0 Å². The zero-order chi connectivity index (χ0) is 9.97. The minimum atomic E-state index is -0.227. The van der Waals surface area contributed by atoms with Crippen LogP contribution in [0, 0.1) is 5.92 Å². The minimum absolute atomic E-state index is 0.227. The van der Waals surface area contributed by atoms with Gasteiger partial charge in [0.2, 0.25) is 0 Å². The van der Waals surface area contributed by atoms with Gasteiger partial charge in [0.25, 0.3) is 0 Å². The highest BCUT2D eigenvalue weighted by Gasteiger charge is 2.26. The molecular formula is C13H18O. The molecule has 0 amide bonds. The van der Waals surface area contributed by atoms with Gasteiger partial charge in [0.15, 0.2) is 0 Å². The van der Waals surface area contributed by atoms with E-state index in [1.165, 1.54) is 24.8 Å². The third-order valence-corrected chi connectivity index (χ3v) is 3.30. The molecular weight excluding hydrogens is 172 g/mol. The number of benzene rings is 1. The molecule has 0 bridgehead atoms. The topological polar surface area (TPSA) is 20.2 Å². The van der Waals surface area contributed by atoms with Gasteiger partial charge in [-0.15, -0.1) is 0 Å². The Hall–Kier alpha value is -0.820. The van der Waals surface area contributed by atoms with Gasteiger partial charge in [0.1, 0.15) is 0 Å². The summed E-state index contributed by atoms with van der Waals surface area (Å²) in [5.41, 5.74) is 2.43. The third kappa shape index (κ3) is 1.83. The Labute approximate surface area is 85.8 Å². The second-order valence-corrected chi connectivity index (χ2v) is 4.23. The van der Waals surface area contributed by atoms with Crippen LogP contribution in [0.3, 0.4) is 0 Å². The van der Waals surface area contributed by atoms with Gasteiger partial charge in [-0.2, -0.15) is 0 Å². The van der Waals surface area contributed by atoms with E-state index in [-0.39, 0.29) is 6.10 Å². The van der Waals surface area contributed by atoms with Crippen molar-refractivity contribution in [3.63, 3.8) is 0 Å². The molecule has 1 saturated carbocycles. The first-order valence-electron chi connectivity index (χ1n) is 5.58. The number of aryl methyl sites for hydroxylation is 1. The highest BCUT2D eigenvalue weighted by Crippen LogP contribution is 2.37.